The van der Waals surface area contributed by atoms with E-state index >= 15 is 0 Å². The maximum Gasteiger partial charge on any atom is 0.310 e. The Morgan fingerprint density at radius 2 is 1.75 bits per heavy atom. The van der Waals surface area contributed by atoms with Gasteiger partial charge in [-0.2, -0.15) is 0 Å². The van der Waals surface area contributed by atoms with Crippen molar-refractivity contribution in [2.45, 2.75) is 78.9 Å². The van der Waals surface area contributed by atoms with Crippen molar-refractivity contribution >= 4 is 5.97 Å². The monoisotopic (exact) mass is 282 g/mol. The number of ether oxygens (including phenoxy) is 1. The molecule has 3 nitrogen and oxygen atoms in total. The lowest BCUT2D eigenvalue weighted by molar-refractivity contribution is -0.190. The van der Waals surface area contributed by atoms with Gasteiger partial charge < -0.3 is 9.84 Å². The van der Waals surface area contributed by atoms with Crippen LogP contribution in [0.1, 0.15) is 67.7 Å². The van der Waals surface area contributed by atoms with Crippen LogP contribution >= 0.6 is 0 Å². The van der Waals surface area contributed by atoms with Crippen molar-refractivity contribution in [3.63, 3.8) is 0 Å². The molecule has 0 radical (unpaired) electrons. The van der Waals surface area contributed by atoms with Crippen LogP contribution in [-0.4, -0.2) is 22.3 Å². The smallest absolute Gasteiger partial charge is 0.310 e. The van der Waals surface area contributed by atoms with Crippen molar-refractivity contribution in [2.24, 2.45) is 22.7 Å². The van der Waals surface area contributed by atoms with Crippen LogP contribution in [0, 0.1) is 22.7 Å². The van der Waals surface area contributed by atoms with Gasteiger partial charge in [-0.05, 0) is 63.7 Å². The Balaban J connectivity index is 2.17. The van der Waals surface area contributed by atoms with Crippen molar-refractivity contribution in [2.75, 3.05) is 0 Å². The molecule has 2 bridgehead atoms. The van der Waals surface area contributed by atoms with E-state index in [0.29, 0.717) is 5.92 Å². The van der Waals surface area contributed by atoms with Crippen LogP contribution in [-0.2, 0) is 9.53 Å². The highest BCUT2D eigenvalue weighted by molar-refractivity contribution is 5.75. The molecular weight excluding hydrogens is 252 g/mol. The largest absolute Gasteiger partial charge is 0.456 e. The van der Waals surface area contributed by atoms with Gasteiger partial charge in [0.1, 0.15) is 5.60 Å². The van der Waals surface area contributed by atoms with Gasteiger partial charge in [0.05, 0.1) is 11.5 Å². The van der Waals surface area contributed by atoms with Crippen LogP contribution in [0.5, 0.6) is 0 Å². The Morgan fingerprint density at radius 1 is 1.20 bits per heavy atom. The van der Waals surface area contributed by atoms with Crippen molar-refractivity contribution in [1.29, 1.82) is 0 Å². The summed E-state index contributed by atoms with van der Waals surface area (Å²) in [5, 5.41) is 10.2. The SMILES string of the molecule is CC(C)(O)C(C)(C)OC(=O)C1CC2CCC1(C)C2(C)C. The summed E-state index contributed by atoms with van der Waals surface area (Å²) >= 11 is 0. The second kappa shape index (κ2) is 4.22. The second-order valence-corrected chi connectivity index (χ2v) is 8.65. The Bertz CT molecular complexity index is 416. The van der Waals surface area contributed by atoms with Crippen LogP contribution < -0.4 is 0 Å². The average molecular weight is 282 g/mol. The molecule has 1 N–H and O–H groups in total. The summed E-state index contributed by atoms with van der Waals surface area (Å²) in [5.74, 6) is 0.461. The third-order valence-electron chi connectivity index (χ3n) is 6.91. The van der Waals surface area contributed by atoms with Crippen molar-refractivity contribution < 1.29 is 14.6 Å². The van der Waals surface area contributed by atoms with Gasteiger partial charge in [-0.1, -0.05) is 20.8 Å². The van der Waals surface area contributed by atoms with E-state index in [1.165, 1.54) is 6.42 Å². The lowest BCUT2D eigenvalue weighted by Gasteiger charge is -2.41. The zero-order valence-corrected chi connectivity index (χ0v) is 14.0. The maximum atomic E-state index is 12.7. The highest BCUT2D eigenvalue weighted by Gasteiger charge is 2.64. The van der Waals surface area contributed by atoms with E-state index in [1.807, 2.05) is 0 Å². The van der Waals surface area contributed by atoms with Crippen LogP contribution in [0.4, 0.5) is 0 Å². The van der Waals surface area contributed by atoms with Crippen molar-refractivity contribution in [3.05, 3.63) is 0 Å². The number of rotatable bonds is 3. The number of esters is 1. The first kappa shape index (κ1) is 15.8. The van der Waals surface area contributed by atoms with Crippen LogP contribution in [0.15, 0.2) is 0 Å². The van der Waals surface area contributed by atoms with Gasteiger partial charge in [0, 0.05) is 0 Å². The molecule has 2 aliphatic carbocycles. The molecular formula is C17H30O3. The Labute approximate surface area is 123 Å². The third-order valence-corrected chi connectivity index (χ3v) is 6.91. The molecule has 0 aromatic carbocycles. The summed E-state index contributed by atoms with van der Waals surface area (Å²) in [4.78, 5) is 12.7. The summed E-state index contributed by atoms with van der Waals surface area (Å²) in [6, 6.07) is 0. The molecule has 2 fully saturated rings. The molecule has 116 valence electrons. The Kier molecular flexibility index (Phi) is 3.34. The molecule has 0 spiro atoms. The van der Waals surface area contributed by atoms with Gasteiger partial charge in [0.2, 0.25) is 0 Å². The second-order valence-electron chi connectivity index (χ2n) is 8.65. The minimum absolute atomic E-state index is 0.0297. The highest BCUT2D eigenvalue weighted by atomic mass is 16.6. The minimum Gasteiger partial charge on any atom is -0.456 e. The van der Waals surface area contributed by atoms with E-state index in [0.717, 1.165) is 12.8 Å². The fraction of sp³-hybridized carbons (Fsp3) is 0.941. The lowest BCUT2D eigenvalue weighted by Crippen LogP contribution is -2.50. The standard InChI is InChI=1S/C17H30O3/c1-14(2)11-8-9-17(14,7)12(10-11)13(18)20-16(5,6)15(3,4)19/h11-12,19H,8-10H2,1-7H3. The summed E-state index contributed by atoms with van der Waals surface area (Å²) in [6.07, 6.45) is 3.26. The van der Waals surface area contributed by atoms with Crippen LogP contribution in [0.25, 0.3) is 0 Å². The summed E-state index contributed by atoms with van der Waals surface area (Å²) in [5.41, 5.74) is -1.68. The number of carbonyl (C=O) groups is 1. The quantitative estimate of drug-likeness (QED) is 0.805. The van der Waals surface area contributed by atoms with E-state index in [-0.39, 0.29) is 22.7 Å². The van der Waals surface area contributed by atoms with Gasteiger partial charge >= 0.3 is 5.97 Å². The summed E-state index contributed by atoms with van der Waals surface area (Å²) in [7, 11) is 0. The minimum atomic E-state index is -1.04. The Hall–Kier alpha value is -0.570. The molecule has 3 atom stereocenters. The van der Waals surface area contributed by atoms with Crippen LogP contribution in [0.3, 0.4) is 0 Å². The molecule has 0 heterocycles. The first-order chi connectivity index (χ1) is 8.83. The fourth-order valence-corrected chi connectivity index (χ4v) is 4.01. The predicted molar refractivity (Wildman–Crippen MR) is 79.2 cm³/mol. The number of carbonyl (C=O) groups excluding carboxylic acids is 1. The highest BCUT2D eigenvalue weighted by Crippen LogP contribution is 2.68. The average Bonchev–Trinajstić information content (AvgIpc) is 2.58. The molecule has 0 saturated heterocycles. The van der Waals surface area contributed by atoms with Gasteiger partial charge in [-0.25, -0.2) is 0 Å². The molecule has 0 aliphatic heterocycles. The van der Waals surface area contributed by atoms with E-state index in [1.54, 1.807) is 27.7 Å². The summed E-state index contributed by atoms with van der Waals surface area (Å²) in [6.45, 7) is 13.8. The van der Waals surface area contributed by atoms with Gasteiger partial charge in [0.15, 0.2) is 0 Å². The first-order valence-corrected chi connectivity index (χ1v) is 7.78. The molecule has 3 heteroatoms. The predicted octanol–water partition coefficient (Wildman–Crippen LogP) is 3.54. The van der Waals surface area contributed by atoms with Gasteiger partial charge in [-0.3, -0.25) is 4.79 Å². The van der Waals surface area contributed by atoms with E-state index in [2.05, 4.69) is 20.8 Å². The maximum absolute atomic E-state index is 12.7. The van der Waals surface area contributed by atoms with Gasteiger partial charge in [-0.15, -0.1) is 0 Å². The Morgan fingerprint density at radius 3 is 2.10 bits per heavy atom. The van der Waals surface area contributed by atoms with Crippen LogP contribution in [0.2, 0.25) is 0 Å². The zero-order chi connectivity index (χ0) is 15.6. The molecule has 2 saturated carbocycles. The number of hydrogen-bond acceptors (Lipinski definition) is 3. The molecule has 0 amide bonds. The molecule has 0 aromatic rings. The molecule has 0 aromatic heterocycles. The molecule has 2 aliphatic rings. The van der Waals surface area contributed by atoms with E-state index in [4.69, 9.17) is 4.74 Å². The molecule has 2 rings (SSSR count). The van der Waals surface area contributed by atoms with Crippen molar-refractivity contribution in [3.8, 4) is 0 Å². The third kappa shape index (κ3) is 2.01. The number of fused-ring (bicyclic) bond motifs is 2. The fourth-order valence-electron chi connectivity index (χ4n) is 4.01. The topological polar surface area (TPSA) is 46.5 Å². The van der Waals surface area contributed by atoms with Crippen molar-refractivity contribution in [1.82, 2.24) is 0 Å². The van der Waals surface area contributed by atoms with Gasteiger partial charge in [0.25, 0.3) is 0 Å². The number of hydrogen-bond donors (Lipinski definition) is 1. The normalized spacial score (nSPS) is 36.2. The summed E-state index contributed by atoms with van der Waals surface area (Å²) < 4.78 is 5.71. The van der Waals surface area contributed by atoms with E-state index in [9.17, 15) is 9.90 Å². The number of aliphatic hydroxyl groups is 1. The molecule has 20 heavy (non-hydrogen) atoms. The molecule has 3 unspecified atom stereocenters. The lowest BCUT2D eigenvalue weighted by atomic mass is 9.66. The van der Waals surface area contributed by atoms with E-state index < -0.39 is 11.2 Å². The first-order valence-electron chi connectivity index (χ1n) is 7.78. The zero-order valence-electron chi connectivity index (χ0n) is 14.0.